The monoisotopic (exact) mass is 301 g/mol. The fourth-order valence-electron chi connectivity index (χ4n) is 1.56. The van der Waals surface area contributed by atoms with Crippen molar-refractivity contribution >= 4 is 23.4 Å². The molecule has 1 atom stereocenters. The highest BCUT2D eigenvalue weighted by Gasteiger charge is 2.06. The summed E-state index contributed by atoms with van der Waals surface area (Å²) in [5.41, 5.74) is 1.21. The molecule has 0 saturated carbocycles. The Balaban J connectivity index is 2.49. The number of thioether (sulfide) groups is 1. The summed E-state index contributed by atoms with van der Waals surface area (Å²) in [6, 6.07) is 6.22. The molecule has 0 radical (unpaired) electrons. The van der Waals surface area contributed by atoms with E-state index in [0.717, 1.165) is 28.8 Å². The van der Waals surface area contributed by atoms with Crippen molar-refractivity contribution < 1.29 is 5.11 Å². The molecule has 0 aliphatic carbocycles. The van der Waals surface area contributed by atoms with Gasteiger partial charge < -0.3 is 10.4 Å². The van der Waals surface area contributed by atoms with Crippen molar-refractivity contribution in [3.8, 4) is 0 Å². The van der Waals surface area contributed by atoms with Crippen LogP contribution in [0, 0.1) is 11.8 Å². The summed E-state index contributed by atoms with van der Waals surface area (Å²) in [6.45, 7) is 8.52. The number of aliphatic hydroxyl groups is 1. The lowest BCUT2D eigenvalue weighted by molar-refractivity contribution is 0.250. The normalized spacial score (nSPS) is 12.9. The maximum atomic E-state index is 9.01. The van der Waals surface area contributed by atoms with E-state index in [1.807, 2.05) is 13.0 Å². The van der Waals surface area contributed by atoms with Gasteiger partial charge in [0.1, 0.15) is 0 Å². The first kappa shape index (κ1) is 16.8. The smallest absolute Gasteiger partial charge is 0.0545 e. The van der Waals surface area contributed by atoms with Crippen LogP contribution in [-0.2, 0) is 6.54 Å². The van der Waals surface area contributed by atoms with Crippen LogP contribution in [0.15, 0.2) is 23.1 Å². The second-order valence-electron chi connectivity index (χ2n) is 5.39. The maximum absolute atomic E-state index is 9.01. The Bertz CT molecular complexity index is 384. The molecule has 0 fully saturated rings. The summed E-state index contributed by atoms with van der Waals surface area (Å²) in [7, 11) is 0. The molecule has 108 valence electrons. The van der Waals surface area contributed by atoms with Crippen LogP contribution in [-0.4, -0.2) is 24.0 Å². The molecule has 0 heterocycles. The van der Waals surface area contributed by atoms with Gasteiger partial charge in [-0.1, -0.05) is 38.4 Å². The zero-order chi connectivity index (χ0) is 14.3. The first-order chi connectivity index (χ1) is 9.02. The third-order valence-electron chi connectivity index (χ3n) is 2.71. The highest BCUT2D eigenvalue weighted by molar-refractivity contribution is 7.99. The minimum absolute atomic E-state index is 0.224. The van der Waals surface area contributed by atoms with Crippen LogP contribution in [0.3, 0.4) is 0 Å². The van der Waals surface area contributed by atoms with E-state index in [0.29, 0.717) is 11.8 Å². The van der Waals surface area contributed by atoms with Crippen LogP contribution >= 0.6 is 23.4 Å². The number of aliphatic hydroxyl groups excluding tert-OH is 1. The molecular weight excluding hydrogens is 278 g/mol. The van der Waals surface area contributed by atoms with Crippen LogP contribution in [0.2, 0.25) is 5.02 Å². The molecule has 0 aliphatic rings. The van der Waals surface area contributed by atoms with Crippen molar-refractivity contribution in [2.75, 3.05) is 18.9 Å². The first-order valence-electron chi connectivity index (χ1n) is 6.75. The Labute approximate surface area is 125 Å². The average molecular weight is 302 g/mol. The Morgan fingerprint density at radius 2 is 2.05 bits per heavy atom. The summed E-state index contributed by atoms with van der Waals surface area (Å²) in [6.07, 6.45) is 0. The Hall–Kier alpha value is -0.220. The predicted molar refractivity (Wildman–Crippen MR) is 85.0 cm³/mol. The molecule has 0 bridgehead atoms. The topological polar surface area (TPSA) is 32.3 Å². The van der Waals surface area contributed by atoms with Gasteiger partial charge in [0.2, 0.25) is 0 Å². The van der Waals surface area contributed by atoms with Crippen LogP contribution in [0.25, 0.3) is 0 Å². The molecule has 0 aromatic heterocycles. The third kappa shape index (κ3) is 6.66. The lowest BCUT2D eigenvalue weighted by Gasteiger charge is -2.11. The van der Waals surface area contributed by atoms with E-state index >= 15 is 0 Å². The molecule has 0 saturated heterocycles. The molecule has 2 nitrogen and oxygen atoms in total. The van der Waals surface area contributed by atoms with Crippen LogP contribution in [0.5, 0.6) is 0 Å². The van der Waals surface area contributed by atoms with Crippen molar-refractivity contribution in [3.63, 3.8) is 0 Å². The van der Waals surface area contributed by atoms with Gasteiger partial charge in [-0.2, -0.15) is 0 Å². The van der Waals surface area contributed by atoms with E-state index < -0.39 is 0 Å². The van der Waals surface area contributed by atoms with Crippen molar-refractivity contribution in [1.82, 2.24) is 5.32 Å². The van der Waals surface area contributed by atoms with E-state index in [9.17, 15) is 0 Å². The van der Waals surface area contributed by atoms with Crippen molar-refractivity contribution in [2.24, 2.45) is 11.8 Å². The number of halogens is 1. The highest BCUT2D eigenvalue weighted by atomic mass is 35.5. The van der Waals surface area contributed by atoms with Gasteiger partial charge in [-0.05, 0) is 36.1 Å². The minimum Gasteiger partial charge on any atom is -0.396 e. The summed E-state index contributed by atoms with van der Waals surface area (Å²) in [5.74, 6) is 1.85. The lowest BCUT2D eigenvalue weighted by atomic mass is 10.2. The Kier molecular flexibility index (Phi) is 7.84. The van der Waals surface area contributed by atoms with Gasteiger partial charge >= 0.3 is 0 Å². The van der Waals surface area contributed by atoms with E-state index in [-0.39, 0.29) is 6.61 Å². The molecule has 1 aromatic rings. The quantitative estimate of drug-likeness (QED) is 0.716. The van der Waals surface area contributed by atoms with Gasteiger partial charge in [-0.3, -0.25) is 0 Å². The van der Waals surface area contributed by atoms with Gasteiger partial charge in [0.05, 0.1) is 5.02 Å². The largest absolute Gasteiger partial charge is 0.396 e. The molecule has 1 aromatic carbocycles. The molecule has 2 N–H and O–H groups in total. The van der Waals surface area contributed by atoms with Crippen molar-refractivity contribution in [2.45, 2.75) is 32.2 Å². The standard InChI is InChI=1S/C15H24ClNOS/c1-11(2)7-17-8-13-4-5-15(14(16)6-13)19-10-12(3)9-18/h4-6,11-12,17-18H,7-10H2,1-3H3. The van der Waals surface area contributed by atoms with Gasteiger partial charge in [-0.15, -0.1) is 11.8 Å². The lowest BCUT2D eigenvalue weighted by Crippen LogP contribution is -2.18. The molecule has 0 aliphatic heterocycles. The molecular formula is C15H24ClNOS. The van der Waals surface area contributed by atoms with E-state index in [2.05, 4.69) is 31.3 Å². The van der Waals surface area contributed by atoms with Crippen molar-refractivity contribution in [1.29, 1.82) is 0 Å². The number of rotatable bonds is 8. The van der Waals surface area contributed by atoms with Gasteiger partial charge in [0, 0.05) is 23.8 Å². The van der Waals surface area contributed by atoms with Crippen molar-refractivity contribution in [3.05, 3.63) is 28.8 Å². The van der Waals surface area contributed by atoms with Gasteiger partial charge in [0.25, 0.3) is 0 Å². The van der Waals surface area contributed by atoms with Crippen LogP contribution < -0.4 is 5.32 Å². The Morgan fingerprint density at radius 3 is 2.63 bits per heavy atom. The molecule has 1 rings (SSSR count). The first-order valence-corrected chi connectivity index (χ1v) is 8.12. The maximum Gasteiger partial charge on any atom is 0.0545 e. The number of hydrogen-bond donors (Lipinski definition) is 2. The number of hydrogen-bond acceptors (Lipinski definition) is 3. The molecule has 0 spiro atoms. The highest BCUT2D eigenvalue weighted by Crippen LogP contribution is 2.29. The average Bonchev–Trinajstić information content (AvgIpc) is 2.37. The Morgan fingerprint density at radius 1 is 1.32 bits per heavy atom. The minimum atomic E-state index is 0.224. The van der Waals surface area contributed by atoms with E-state index in [4.69, 9.17) is 16.7 Å². The molecule has 19 heavy (non-hydrogen) atoms. The summed E-state index contributed by atoms with van der Waals surface area (Å²) >= 11 is 7.99. The van der Waals surface area contributed by atoms with Gasteiger partial charge in [0.15, 0.2) is 0 Å². The SMILES string of the molecule is CC(C)CNCc1ccc(SCC(C)CO)c(Cl)c1. The predicted octanol–water partition coefficient (Wildman–Crippen LogP) is 3.81. The second-order valence-corrected chi connectivity index (χ2v) is 6.86. The summed E-state index contributed by atoms with van der Waals surface area (Å²) in [4.78, 5) is 1.09. The zero-order valence-electron chi connectivity index (χ0n) is 11.9. The second kappa shape index (κ2) is 8.85. The molecule has 1 unspecified atom stereocenters. The van der Waals surface area contributed by atoms with Crippen LogP contribution in [0.1, 0.15) is 26.3 Å². The summed E-state index contributed by atoms with van der Waals surface area (Å²) in [5, 5.41) is 13.2. The van der Waals surface area contributed by atoms with Gasteiger partial charge in [-0.25, -0.2) is 0 Å². The van der Waals surface area contributed by atoms with E-state index in [1.165, 1.54) is 5.56 Å². The molecule has 4 heteroatoms. The fraction of sp³-hybridized carbons (Fsp3) is 0.600. The van der Waals surface area contributed by atoms with E-state index in [1.54, 1.807) is 11.8 Å². The molecule has 0 amide bonds. The summed E-state index contributed by atoms with van der Waals surface area (Å²) < 4.78 is 0. The third-order valence-corrected chi connectivity index (χ3v) is 4.54. The fourth-order valence-corrected chi connectivity index (χ4v) is 2.86. The van der Waals surface area contributed by atoms with Crippen LogP contribution in [0.4, 0.5) is 0 Å². The zero-order valence-corrected chi connectivity index (χ0v) is 13.5. The number of nitrogens with one attached hydrogen (secondary N) is 1. The number of benzene rings is 1.